The van der Waals surface area contributed by atoms with Crippen molar-refractivity contribution in [2.24, 2.45) is 5.92 Å². The predicted molar refractivity (Wildman–Crippen MR) is 145 cm³/mol. The third-order valence-electron chi connectivity index (χ3n) is 6.83. The van der Waals surface area contributed by atoms with E-state index in [0.717, 1.165) is 51.2 Å². The molecule has 0 fully saturated rings. The second-order valence-electron chi connectivity index (χ2n) is 9.22. The number of Topliss-reactive ketones (excluding diaryl/α,β-unsaturated/α-hetero) is 1. The predicted octanol–water partition coefficient (Wildman–Crippen LogP) is 4.89. The van der Waals surface area contributed by atoms with Crippen LogP contribution in [0.2, 0.25) is 0 Å². The molecule has 2 aliphatic carbocycles. The first-order chi connectivity index (χ1) is 18.3. The highest BCUT2D eigenvalue weighted by Gasteiger charge is 2.24. The van der Waals surface area contributed by atoms with Gasteiger partial charge >= 0.3 is 10.2 Å². The van der Waals surface area contributed by atoms with Crippen LogP contribution in [0.5, 0.6) is 0 Å². The van der Waals surface area contributed by atoms with Crippen LogP contribution in [-0.4, -0.2) is 14.2 Å². The smallest absolute Gasteiger partial charge is 0.332 e. The van der Waals surface area contributed by atoms with Crippen molar-refractivity contribution in [3.63, 3.8) is 0 Å². The van der Waals surface area contributed by atoms with Crippen LogP contribution in [0.3, 0.4) is 0 Å². The summed E-state index contributed by atoms with van der Waals surface area (Å²) in [5.74, 6) is -0.775. The summed E-state index contributed by atoms with van der Waals surface area (Å²) in [4.78, 5) is 12.6. The van der Waals surface area contributed by atoms with Crippen molar-refractivity contribution < 1.29 is 21.5 Å². The standard InChI is InChI=1S/C25H18F2O3S.C6H7N/c26-19-8-3-16-7-11-21-22(24(16)14-19)12-6-15-1-2-18(13-23(15)21)25(28)17-4-9-20(10-5-17)31(27,29)30;1-2-4-6-7-5-3-1/h3-6,8-14,18H,1-2,7H2;1-7H. The number of fused-ring (bicyclic) bond motifs is 5. The van der Waals surface area contributed by atoms with Crippen molar-refractivity contribution >= 4 is 28.2 Å². The molecule has 0 saturated carbocycles. The molecule has 192 valence electrons. The van der Waals surface area contributed by atoms with Crippen molar-refractivity contribution in [2.45, 2.75) is 24.2 Å². The fourth-order valence-corrected chi connectivity index (χ4v) is 5.41. The van der Waals surface area contributed by atoms with Gasteiger partial charge in [-0.1, -0.05) is 54.6 Å². The second-order valence-corrected chi connectivity index (χ2v) is 10.6. The van der Waals surface area contributed by atoms with Gasteiger partial charge in [0.2, 0.25) is 0 Å². The Balaban J connectivity index is 0.000000366. The number of allylic oxidation sites excluding steroid dienone is 4. The minimum Gasteiger partial charge on any atom is -0.368 e. The first-order valence-electron chi connectivity index (χ1n) is 12.3. The zero-order valence-corrected chi connectivity index (χ0v) is 21.2. The molecule has 0 aromatic heterocycles. The topological polar surface area (TPSA) is 63.2 Å². The zero-order valence-electron chi connectivity index (χ0n) is 20.4. The van der Waals surface area contributed by atoms with Gasteiger partial charge in [0.15, 0.2) is 5.78 Å². The Morgan fingerprint density at radius 2 is 1.55 bits per heavy atom. The molecule has 1 N–H and O–H groups in total. The van der Waals surface area contributed by atoms with Crippen LogP contribution in [0.4, 0.5) is 8.28 Å². The molecule has 4 nitrogen and oxygen atoms in total. The zero-order chi connectivity index (χ0) is 26.7. The van der Waals surface area contributed by atoms with Crippen LogP contribution in [0.1, 0.15) is 27.9 Å². The number of aryl methyl sites for hydroxylation is 1. The number of benzene rings is 3. The quantitative estimate of drug-likeness (QED) is 0.388. The summed E-state index contributed by atoms with van der Waals surface area (Å²) in [6.07, 6.45) is 17.7. The van der Waals surface area contributed by atoms with E-state index in [-0.39, 0.29) is 17.5 Å². The van der Waals surface area contributed by atoms with Crippen molar-refractivity contribution in [1.82, 2.24) is 5.32 Å². The Bertz CT molecular complexity index is 1710. The van der Waals surface area contributed by atoms with Crippen LogP contribution in [-0.2, 0) is 23.1 Å². The first-order valence-corrected chi connectivity index (χ1v) is 13.7. The molecule has 3 aromatic rings. The first kappa shape index (κ1) is 25.5. The third-order valence-corrected chi connectivity index (χ3v) is 7.67. The average Bonchev–Trinajstić information content (AvgIpc) is 3.25. The van der Waals surface area contributed by atoms with Crippen LogP contribution < -0.4 is 15.8 Å². The molecular weight excluding hydrogens is 504 g/mol. The monoisotopic (exact) mass is 529 g/mol. The number of carbonyl (C=O) groups is 1. The summed E-state index contributed by atoms with van der Waals surface area (Å²) in [5, 5.41) is 4.94. The Morgan fingerprint density at radius 3 is 2.26 bits per heavy atom. The molecular formula is C31H25F2NO3S. The van der Waals surface area contributed by atoms with Crippen molar-refractivity contribution in [3.05, 3.63) is 124 Å². The minimum absolute atomic E-state index is 0.131. The lowest BCUT2D eigenvalue weighted by atomic mass is 9.82. The molecule has 38 heavy (non-hydrogen) atoms. The third kappa shape index (κ3) is 5.43. The van der Waals surface area contributed by atoms with E-state index < -0.39 is 15.1 Å². The minimum atomic E-state index is -4.80. The number of halogens is 2. The number of hydrogen-bond donors (Lipinski definition) is 1. The van der Waals surface area contributed by atoms with E-state index in [1.54, 1.807) is 12.1 Å². The van der Waals surface area contributed by atoms with Crippen LogP contribution >= 0.6 is 0 Å². The molecule has 1 heterocycles. The maximum Gasteiger partial charge on any atom is 0.332 e. The van der Waals surface area contributed by atoms with Crippen LogP contribution in [0.25, 0.3) is 23.3 Å². The molecule has 7 heteroatoms. The van der Waals surface area contributed by atoms with Gasteiger partial charge in [0.05, 0.1) is 4.90 Å². The molecule has 0 saturated heterocycles. The summed E-state index contributed by atoms with van der Waals surface area (Å²) in [7, 11) is -4.80. The van der Waals surface area contributed by atoms with Gasteiger partial charge < -0.3 is 5.32 Å². The highest BCUT2D eigenvalue weighted by atomic mass is 32.3. The normalized spacial score (nSPS) is 16.7. The van der Waals surface area contributed by atoms with Gasteiger partial charge in [-0.2, -0.15) is 8.42 Å². The Kier molecular flexibility index (Phi) is 7.20. The maximum atomic E-state index is 13.9. The fraction of sp³-hybridized carbons (Fsp3) is 0.129. The van der Waals surface area contributed by atoms with E-state index in [0.29, 0.717) is 18.4 Å². The van der Waals surface area contributed by atoms with Crippen molar-refractivity contribution in [3.8, 4) is 11.1 Å². The van der Waals surface area contributed by atoms with Gasteiger partial charge in [0.25, 0.3) is 0 Å². The summed E-state index contributed by atoms with van der Waals surface area (Å²) in [5.41, 5.74) is 4.41. The van der Waals surface area contributed by atoms with E-state index in [2.05, 4.69) is 11.4 Å². The van der Waals surface area contributed by atoms with Crippen molar-refractivity contribution in [1.29, 1.82) is 0 Å². The number of hydrogen-bond acceptors (Lipinski definition) is 4. The maximum absolute atomic E-state index is 13.9. The number of carbonyl (C=O) groups excluding carboxylic acids is 1. The van der Waals surface area contributed by atoms with E-state index in [4.69, 9.17) is 0 Å². The second kappa shape index (κ2) is 10.7. The summed E-state index contributed by atoms with van der Waals surface area (Å²) >= 11 is 0. The lowest BCUT2D eigenvalue weighted by Gasteiger charge is -2.21. The van der Waals surface area contributed by atoms with E-state index in [9.17, 15) is 21.5 Å². The molecule has 6 rings (SSSR count). The van der Waals surface area contributed by atoms with Gasteiger partial charge in [-0.3, -0.25) is 4.79 Å². The highest BCUT2D eigenvalue weighted by Crippen LogP contribution is 2.27. The number of nitrogens with one attached hydrogen (secondary N) is 1. The summed E-state index contributed by atoms with van der Waals surface area (Å²) in [6.45, 7) is 0. The highest BCUT2D eigenvalue weighted by molar-refractivity contribution is 7.86. The molecule has 1 unspecified atom stereocenters. The molecule has 0 bridgehead atoms. The van der Waals surface area contributed by atoms with E-state index in [1.807, 2.05) is 54.9 Å². The Hall–Kier alpha value is -4.10. The molecule has 0 amide bonds. The summed E-state index contributed by atoms with van der Waals surface area (Å²) in [6, 6.07) is 13.8. The van der Waals surface area contributed by atoms with E-state index >= 15 is 0 Å². The summed E-state index contributed by atoms with van der Waals surface area (Å²) < 4.78 is 49.0. The number of ketones is 1. The van der Waals surface area contributed by atoms with Gasteiger partial charge in [0.1, 0.15) is 5.82 Å². The Morgan fingerprint density at radius 1 is 0.842 bits per heavy atom. The van der Waals surface area contributed by atoms with Gasteiger partial charge in [0, 0.05) is 23.9 Å². The SMILES string of the molecule is C1=CC=CNC=C1.O=C(c1ccc(S(=O)(=O)F)cc1)C1C=c2c(ccc3c2=CCc2ccc(F)cc2-3)CC1. The molecule has 1 aliphatic heterocycles. The van der Waals surface area contributed by atoms with Crippen LogP contribution in [0.15, 0.2) is 96.2 Å². The molecule has 3 aromatic carbocycles. The largest absolute Gasteiger partial charge is 0.368 e. The molecule has 0 spiro atoms. The Labute approximate surface area is 220 Å². The van der Waals surface area contributed by atoms with Gasteiger partial charge in [-0.25, -0.2) is 4.39 Å². The van der Waals surface area contributed by atoms with Gasteiger partial charge in [-0.15, -0.1) is 3.89 Å². The van der Waals surface area contributed by atoms with Crippen LogP contribution in [0, 0.1) is 11.7 Å². The van der Waals surface area contributed by atoms with E-state index in [1.165, 1.54) is 18.2 Å². The van der Waals surface area contributed by atoms with Gasteiger partial charge in [-0.05, 0) is 88.4 Å². The lowest BCUT2D eigenvalue weighted by Crippen LogP contribution is -2.37. The average molecular weight is 530 g/mol. The molecule has 0 radical (unpaired) electrons. The van der Waals surface area contributed by atoms with Crippen molar-refractivity contribution in [2.75, 3.05) is 0 Å². The molecule has 3 aliphatic rings. The fourth-order valence-electron chi connectivity index (χ4n) is 4.94. The number of rotatable bonds is 3. The molecule has 1 atom stereocenters. The lowest BCUT2D eigenvalue weighted by molar-refractivity contribution is 0.0946.